The molecular weight excluding hydrogens is 520 g/mol. The van der Waals surface area contributed by atoms with Crippen LogP contribution in [0.5, 0.6) is 5.88 Å². The first kappa shape index (κ1) is 27.4. The number of rotatable bonds is 7. The van der Waals surface area contributed by atoms with Gasteiger partial charge in [-0.15, -0.1) is 13.2 Å². The summed E-state index contributed by atoms with van der Waals surface area (Å²) in [6, 6.07) is 1.02. The molecule has 15 heteroatoms. The molecule has 3 rings (SSSR count). The first-order valence-electron chi connectivity index (χ1n) is 10.5. The molecule has 2 aromatic rings. The van der Waals surface area contributed by atoms with Gasteiger partial charge in [0, 0.05) is 42.9 Å². The number of carbonyl (C=O) groups is 2. The Morgan fingerprint density at radius 2 is 1.78 bits per heavy atom. The van der Waals surface area contributed by atoms with Gasteiger partial charge in [-0.25, -0.2) is 28.1 Å². The summed E-state index contributed by atoms with van der Waals surface area (Å²) in [6.07, 6.45) is -1.88. The van der Waals surface area contributed by atoms with Crippen molar-refractivity contribution >= 4 is 29.1 Å². The molecule has 0 bridgehead atoms. The van der Waals surface area contributed by atoms with Crippen LogP contribution in [-0.4, -0.2) is 50.7 Å². The van der Waals surface area contributed by atoms with E-state index >= 15 is 0 Å². The zero-order valence-electron chi connectivity index (χ0n) is 18.6. The summed E-state index contributed by atoms with van der Waals surface area (Å²) < 4.78 is 82.5. The summed E-state index contributed by atoms with van der Waals surface area (Å²) in [4.78, 5) is 38.2. The Labute approximate surface area is 206 Å². The minimum absolute atomic E-state index is 0.0232. The van der Waals surface area contributed by atoms with Gasteiger partial charge >= 0.3 is 6.36 Å². The predicted octanol–water partition coefficient (Wildman–Crippen LogP) is 4.25. The zero-order valence-corrected chi connectivity index (χ0v) is 19.4. The minimum atomic E-state index is -5.04. The van der Waals surface area contributed by atoms with Crippen molar-refractivity contribution in [2.75, 3.05) is 4.90 Å². The molecule has 36 heavy (non-hydrogen) atoms. The Kier molecular flexibility index (Phi) is 7.96. The van der Waals surface area contributed by atoms with E-state index in [-0.39, 0.29) is 24.1 Å². The smallest absolute Gasteiger partial charge is 0.388 e. The third-order valence-corrected chi connectivity index (χ3v) is 5.86. The molecule has 2 atom stereocenters. The van der Waals surface area contributed by atoms with Crippen LogP contribution in [0.15, 0.2) is 37.1 Å². The van der Waals surface area contributed by atoms with Crippen molar-refractivity contribution in [3.8, 4) is 5.88 Å². The molecule has 196 valence electrons. The molecule has 0 unspecified atom stereocenters. The van der Waals surface area contributed by atoms with Crippen LogP contribution < -0.4 is 15.0 Å². The lowest BCUT2D eigenvalue weighted by Gasteiger charge is -2.41. The topological polar surface area (TPSA) is 97.3 Å². The van der Waals surface area contributed by atoms with Crippen LogP contribution in [-0.2, 0) is 15.1 Å². The summed E-state index contributed by atoms with van der Waals surface area (Å²) in [5, 5.41) is 2.60. The standard InChI is InChI=1S/C21H20ClF6N5O3/c1-19(12-8-29-11-30-9-12,18(35)32-13-4-6-20(24,25)7-5-13)33(17(34)16(22)23)14-2-3-15(31-10-14)36-21(26,27)28/h2-3,8-11,13,16H,4-7H2,1H3,(H,32,35)/t16-,19-/m0/s1. The van der Waals surface area contributed by atoms with Gasteiger partial charge in [-0.1, -0.05) is 11.6 Å². The Hall–Kier alpha value is -3.16. The van der Waals surface area contributed by atoms with Gasteiger partial charge in [0.25, 0.3) is 17.4 Å². The zero-order chi connectivity index (χ0) is 26.7. The lowest BCUT2D eigenvalue weighted by molar-refractivity contribution is -0.276. The number of anilines is 1. The highest BCUT2D eigenvalue weighted by Crippen LogP contribution is 2.37. The molecule has 1 N–H and O–H groups in total. The van der Waals surface area contributed by atoms with E-state index in [9.17, 15) is 35.9 Å². The Morgan fingerprint density at radius 1 is 1.17 bits per heavy atom. The maximum Gasteiger partial charge on any atom is 0.574 e. The molecule has 0 radical (unpaired) electrons. The highest BCUT2D eigenvalue weighted by Gasteiger charge is 2.48. The number of halogens is 7. The fourth-order valence-electron chi connectivity index (χ4n) is 3.81. The number of pyridine rings is 1. The lowest BCUT2D eigenvalue weighted by atomic mass is 9.87. The highest BCUT2D eigenvalue weighted by molar-refractivity contribution is 6.32. The van der Waals surface area contributed by atoms with Crippen LogP contribution in [0.1, 0.15) is 38.2 Å². The summed E-state index contributed by atoms with van der Waals surface area (Å²) in [5.41, 5.74) is -5.12. The van der Waals surface area contributed by atoms with Crippen LogP contribution >= 0.6 is 11.6 Å². The van der Waals surface area contributed by atoms with E-state index in [2.05, 4.69) is 25.0 Å². The van der Waals surface area contributed by atoms with Crippen LogP contribution in [0.25, 0.3) is 0 Å². The second-order valence-electron chi connectivity index (χ2n) is 8.18. The van der Waals surface area contributed by atoms with Crippen LogP contribution in [0.2, 0.25) is 0 Å². The van der Waals surface area contributed by atoms with E-state index in [1.165, 1.54) is 6.92 Å². The fraction of sp³-hybridized carbons (Fsp3) is 0.476. The van der Waals surface area contributed by atoms with Crippen molar-refractivity contribution in [2.45, 2.75) is 62.1 Å². The van der Waals surface area contributed by atoms with Crippen LogP contribution in [0.3, 0.4) is 0 Å². The number of alkyl halides is 7. The monoisotopic (exact) mass is 539 g/mol. The predicted molar refractivity (Wildman–Crippen MR) is 114 cm³/mol. The Balaban J connectivity index is 2.04. The largest absolute Gasteiger partial charge is 0.574 e. The molecule has 0 spiro atoms. The van der Waals surface area contributed by atoms with E-state index in [0.29, 0.717) is 4.90 Å². The number of nitrogens with one attached hydrogen (secondary N) is 1. The van der Waals surface area contributed by atoms with Gasteiger partial charge in [0.05, 0.1) is 11.9 Å². The van der Waals surface area contributed by atoms with Crippen molar-refractivity contribution < 1.29 is 40.7 Å². The number of hydrogen-bond donors (Lipinski definition) is 1. The van der Waals surface area contributed by atoms with E-state index in [1.54, 1.807) is 0 Å². The molecule has 2 aromatic heterocycles. The van der Waals surface area contributed by atoms with Gasteiger partial charge in [0.2, 0.25) is 11.8 Å². The molecule has 1 aliphatic carbocycles. The van der Waals surface area contributed by atoms with E-state index < -0.39 is 60.0 Å². The minimum Gasteiger partial charge on any atom is -0.388 e. The summed E-state index contributed by atoms with van der Waals surface area (Å²) in [6.45, 7) is 1.20. The van der Waals surface area contributed by atoms with Crippen molar-refractivity contribution in [2.24, 2.45) is 0 Å². The quantitative estimate of drug-likeness (QED) is 0.417. The number of ether oxygens (including phenoxy) is 1. The highest BCUT2D eigenvalue weighted by atomic mass is 35.5. The average molecular weight is 540 g/mol. The third kappa shape index (κ3) is 6.33. The number of carbonyl (C=O) groups excluding carboxylic acids is 2. The SMILES string of the molecule is C[C@@](C(=O)NC1CCC(F)(F)CC1)(c1cncnc1)N(C(=O)[C@H](F)Cl)c1ccc(OC(F)(F)F)nc1. The second kappa shape index (κ2) is 10.4. The average Bonchev–Trinajstić information content (AvgIpc) is 2.81. The summed E-state index contributed by atoms with van der Waals surface area (Å²) in [5.74, 6) is -6.10. The molecule has 1 fully saturated rings. The van der Waals surface area contributed by atoms with Crippen LogP contribution in [0, 0.1) is 0 Å². The van der Waals surface area contributed by atoms with Gasteiger partial charge in [-0.05, 0) is 25.8 Å². The summed E-state index contributed by atoms with van der Waals surface area (Å²) in [7, 11) is 0. The van der Waals surface area contributed by atoms with Crippen molar-refractivity contribution in [1.82, 2.24) is 20.3 Å². The van der Waals surface area contributed by atoms with Gasteiger partial charge in [-0.2, -0.15) is 0 Å². The molecule has 1 saturated carbocycles. The molecule has 0 aromatic carbocycles. The van der Waals surface area contributed by atoms with E-state index in [4.69, 9.17) is 11.6 Å². The molecular formula is C21H20ClF6N5O3. The number of hydrogen-bond acceptors (Lipinski definition) is 6. The van der Waals surface area contributed by atoms with Gasteiger partial charge in [0.1, 0.15) is 6.33 Å². The van der Waals surface area contributed by atoms with Gasteiger partial charge in [-0.3, -0.25) is 14.5 Å². The first-order valence-corrected chi connectivity index (χ1v) is 10.9. The molecule has 0 saturated heterocycles. The molecule has 2 amide bonds. The number of amides is 2. The maximum absolute atomic E-state index is 14.1. The van der Waals surface area contributed by atoms with E-state index in [1.807, 2.05) is 0 Å². The number of nitrogens with zero attached hydrogens (tertiary/aromatic N) is 4. The normalized spacial score (nSPS) is 18.6. The molecule has 8 nitrogen and oxygen atoms in total. The lowest BCUT2D eigenvalue weighted by Crippen LogP contribution is -2.60. The molecule has 0 aliphatic heterocycles. The summed E-state index contributed by atoms with van der Waals surface area (Å²) >= 11 is 5.41. The second-order valence-corrected chi connectivity index (χ2v) is 8.56. The first-order chi connectivity index (χ1) is 16.7. The Morgan fingerprint density at radius 3 is 2.28 bits per heavy atom. The third-order valence-electron chi connectivity index (χ3n) is 5.67. The molecule has 1 aliphatic rings. The van der Waals surface area contributed by atoms with Crippen LogP contribution in [0.4, 0.5) is 32.0 Å². The fourth-order valence-corrected chi connectivity index (χ4v) is 3.91. The number of aromatic nitrogens is 3. The van der Waals surface area contributed by atoms with Gasteiger partial charge < -0.3 is 10.1 Å². The van der Waals surface area contributed by atoms with Crippen molar-refractivity contribution in [3.63, 3.8) is 0 Å². The van der Waals surface area contributed by atoms with Gasteiger partial charge in [0.15, 0.2) is 5.54 Å². The maximum atomic E-state index is 14.1. The van der Waals surface area contributed by atoms with Crippen molar-refractivity contribution in [1.29, 1.82) is 0 Å². The molecule has 2 heterocycles. The van der Waals surface area contributed by atoms with E-state index in [0.717, 1.165) is 37.1 Å². The van der Waals surface area contributed by atoms with Crippen molar-refractivity contribution in [3.05, 3.63) is 42.6 Å². The Bertz CT molecular complexity index is 1060.